The van der Waals surface area contributed by atoms with Crippen LogP contribution in [0.5, 0.6) is 5.75 Å². The number of aliphatic imine (C=N–C) groups is 1. The molecule has 0 radical (unpaired) electrons. The lowest BCUT2D eigenvalue weighted by Gasteiger charge is -2.37. The molecule has 0 aliphatic carbocycles. The molecule has 0 amide bonds. The first-order valence-corrected chi connectivity index (χ1v) is 6.60. The summed E-state index contributed by atoms with van der Waals surface area (Å²) in [4.78, 5) is 6.09. The van der Waals surface area contributed by atoms with E-state index in [9.17, 15) is 8.78 Å². The molecule has 1 aliphatic rings. The van der Waals surface area contributed by atoms with Gasteiger partial charge in [0.1, 0.15) is 5.75 Å². The number of hydrogen-bond donors (Lipinski definition) is 1. The highest BCUT2D eigenvalue weighted by Crippen LogP contribution is 2.38. The Bertz CT molecular complexity index is 525. The van der Waals surface area contributed by atoms with Crippen LogP contribution in [0.3, 0.4) is 0 Å². The number of halogens is 2. The molecule has 1 aromatic carbocycles. The smallest absolute Gasteiger partial charge is 0.387 e. The number of hydrogen-bond acceptors (Lipinski definition) is 5. The summed E-state index contributed by atoms with van der Waals surface area (Å²) >= 11 is 0. The second-order valence-corrected chi connectivity index (χ2v) is 4.97. The van der Waals surface area contributed by atoms with Gasteiger partial charge in [-0.1, -0.05) is 18.2 Å². The van der Waals surface area contributed by atoms with Gasteiger partial charge < -0.3 is 20.1 Å². The summed E-state index contributed by atoms with van der Waals surface area (Å²) in [7, 11) is 1.59. The third-order valence-electron chi connectivity index (χ3n) is 3.62. The lowest BCUT2D eigenvalue weighted by Crippen LogP contribution is -2.49. The van der Waals surface area contributed by atoms with Gasteiger partial charge in [0.05, 0.1) is 18.7 Å². The number of alkyl halides is 2. The van der Waals surface area contributed by atoms with E-state index >= 15 is 0 Å². The Morgan fingerprint density at radius 3 is 2.81 bits per heavy atom. The molecule has 0 bridgehead atoms. The molecule has 2 N–H and O–H groups in total. The molecule has 0 fully saturated rings. The van der Waals surface area contributed by atoms with E-state index in [1.807, 2.05) is 11.8 Å². The summed E-state index contributed by atoms with van der Waals surface area (Å²) < 4.78 is 34.9. The Kier molecular flexibility index (Phi) is 4.62. The summed E-state index contributed by atoms with van der Waals surface area (Å²) in [5.41, 5.74) is 5.91. The van der Waals surface area contributed by atoms with Crippen LogP contribution in [0, 0.1) is 0 Å². The van der Waals surface area contributed by atoms with E-state index in [0.717, 1.165) is 0 Å². The summed E-state index contributed by atoms with van der Waals surface area (Å²) in [6.45, 7) is 0.391. The predicted molar refractivity (Wildman–Crippen MR) is 75.5 cm³/mol. The van der Waals surface area contributed by atoms with E-state index in [1.54, 1.807) is 25.3 Å². The van der Waals surface area contributed by atoms with Crippen LogP contribution >= 0.6 is 0 Å². The molecule has 1 heterocycles. The molecule has 2 rings (SSSR count). The number of rotatable bonds is 6. The van der Waals surface area contributed by atoms with Gasteiger partial charge in [-0.25, -0.2) is 0 Å². The molecule has 0 saturated carbocycles. The van der Waals surface area contributed by atoms with Crippen molar-refractivity contribution in [1.82, 2.24) is 4.90 Å². The van der Waals surface area contributed by atoms with Gasteiger partial charge in [-0.3, -0.25) is 4.99 Å². The minimum absolute atomic E-state index is 0.141. The Labute approximate surface area is 122 Å². The molecule has 0 saturated heterocycles. The highest BCUT2D eigenvalue weighted by molar-refractivity contribution is 5.81. The Morgan fingerprint density at radius 2 is 2.14 bits per heavy atom. The van der Waals surface area contributed by atoms with Crippen molar-refractivity contribution in [1.29, 1.82) is 0 Å². The lowest BCUT2D eigenvalue weighted by molar-refractivity contribution is -0.0516. The van der Waals surface area contributed by atoms with Crippen LogP contribution in [0.25, 0.3) is 0 Å². The average molecular weight is 299 g/mol. The molecule has 0 spiro atoms. The molecule has 0 aromatic heterocycles. The number of nitrogens with two attached hydrogens (primary N) is 1. The van der Waals surface area contributed by atoms with Crippen molar-refractivity contribution < 1.29 is 18.3 Å². The van der Waals surface area contributed by atoms with Gasteiger partial charge in [-0.15, -0.1) is 0 Å². The van der Waals surface area contributed by atoms with Crippen LogP contribution in [0.15, 0.2) is 29.3 Å². The number of nitrogens with zero attached hydrogens (tertiary/aromatic N) is 2. The first-order chi connectivity index (χ1) is 9.99. The van der Waals surface area contributed by atoms with E-state index in [0.29, 0.717) is 31.2 Å². The monoisotopic (exact) mass is 299 g/mol. The van der Waals surface area contributed by atoms with Crippen LogP contribution in [0.1, 0.15) is 12.5 Å². The first kappa shape index (κ1) is 15.5. The zero-order valence-electron chi connectivity index (χ0n) is 12.1. The zero-order valence-corrected chi connectivity index (χ0v) is 12.1. The third kappa shape index (κ3) is 3.07. The first-order valence-electron chi connectivity index (χ1n) is 6.60. The lowest BCUT2D eigenvalue weighted by atomic mass is 9.90. The molecule has 1 aliphatic heterocycles. The van der Waals surface area contributed by atoms with Crippen molar-refractivity contribution in [2.45, 2.75) is 19.1 Å². The topological polar surface area (TPSA) is 60.1 Å². The van der Waals surface area contributed by atoms with Crippen molar-refractivity contribution in [3.8, 4) is 5.75 Å². The Hall–Kier alpha value is -1.89. The van der Waals surface area contributed by atoms with Gasteiger partial charge in [0.25, 0.3) is 0 Å². The SMILES string of the molecule is COCCN1C(N)=NCC1(C)c1ccccc1OC(F)F. The highest BCUT2D eigenvalue weighted by Gasteiger charge is 2.41. The molecular formula is C14H19F2N3O2. The van der Waals surface area contributed by atoms with E-state index < -0.39 is 12.2 Å². The largest absolute Gasteiger partial charge is 0.434 e. The van der Waals surface area contributed by atoms with Crippen molar-refractivity contribution in [2.24, 2.45) is 10.7 Å². The van der Waals surface area contributed by atoms with Crippen LogP contribution < -0.4 is 10.5 Å². The number of para-hydroxylation sites is 1. The second-order valence-electron chi connectivity index (χ2n) is 4.97. The number of ether oxygens (including phenoxy) is 2. The third-order valence-corrected chi connectivity index (χ3v) is 3.62. The summed E-state index contributed by atoms with van der Waals surface area (Å²) in [5, 5.41) is 0. The maximum atomic E-state index is 12.6. The van der Waals surface area contributed by atoms with Gasteiger partial charge in [-0.2, -0.15) is 8.78 Å². The molecule has 1 aromatic rings. The van der Waals surface area contributed by atoms with E-state index in [1.165, 1.54) is 6.07 Å². The number of guanidine groups is 1. The summed E-state index contributed by atoms with van der Waals surface area (Å²) in [6, 6.07) is 6.71. The maximum absolute atomic E-state index is 12.6. The van der Waals surface area contributed by atoms with Crippen LogP contribution in [-0.2, 0) is 10.3 Å². The van der Waals surface area contributed by atoms with Crippen LogP contribution in [-0.4, -0.2) is 44.3 Å². The van der Waals surface area contributed by atoms with Gasteiger partial charge >= 0.3 is 6.61 Å². The van der Waals surface area contributed by atoms with E-state index in [2.05, 4.69) is 9.73 Å². The fourth-order valence-corrected chi connectivity index (χ4v) is 2.54. The fourth-order valence-electron chi connectivity index (χ4n) is 2.54. The summed E-state index contributed by atoms with van der Waals surface area (Å²) in [6.07, 6.45) is 0. The Morgan fingerprint density at radius 1 is 1.43 bits per heavy atom. The molecule has 7 heteroatoms. The quantitative estimate of drug-likeness (QED) is 0.870. The van der Waals surface area contributed by atoms with Crippen molar-refractivity contribution in [3.05, 3.63) is 29.8 Å². The Balaban J connectivity index is 2.35. The van der Waals surface area contributed by atoms with Crippen LogP contribution in [0.4, 0.5) is 8.78 Å². The highest BCUT2D eigenvalue weighted by atomic mass is 19.3. The standard InChI is InChI=1S/C14H19F2N3O2/c1-14(9-18-13(17)19(14)7-8-20-2)10-5-3-4-6-11(10)21-12(15)16/h3-6,12H,7-9H2,1-2H3,(H2,17,18). The zero-order chi connectivity index (χ0) is 15.5. The normalized spacial score (nSPS) is 21.8. The van der Waals surface area contributed by atoms with Crippen molar-refractivity contribution in [2.75, 3.05) is 26.8 Å². The van der Waals surface area contributed by atoms with Gasteiger partial charge in [0.15, 0.2) is 5.96 Å². The average Bonchev–Trinajstić information content (AvgIpc) is 2.73. The minimum atomic E-state index is -2.87. The second kappa shape index (κ2) is 6.26. The predicted octanol–water partition coefficient (Wildman–Crippen LogP) is 1.78. The molecule has 1 unspecified atom stereocenters. The minimum Gasteiger partial charge on any atom is -0.434 e. The van der Waals surface area contributed by atoms with Crippen LogP contribution in [0.2, 0.25) is 0 Å². The summed E-state index contributed by atoms with van der Waals surface area (Å²) in [5.74, 6) is 0.517. The number of benzene rings is 1. The van der Waals surface area contributed by atoms with E-state index in [-0.39, 0.29) is 5.75 Å². The van der Waals surface area contributed by atoms with Gasteiger partial charge in [-0.05, 0) is 13.0 Å². The van der Waals surface area contributed by atoms with E-state index in [4.69, 9.17) is 10.5 Å². The van der Waals surface area contributed by atoms with Gasteiger partial charge in [0, 0.05) is 19.2 Å². The maximum Gasteiger partial charge on any atom is 0.387 e. The van der Waals surface area contributed by atoms with Gasteiger partial charge in [0.2, 0.25) is 0 Å². The molecule has 21 heavy (non-hydrogen) atoms. The molecule has 1 atom stereocenters. The van der Waals surface area contributed by atoms with Crippen molar-refractivity contribution >= 4 is 5.96 Å². The molecular weight excluding hydrogens is 280 g/mol. The molecule has 5 nitrogen and oxygen atoms in total. The fraction of sp³-hybridized carbons (Fsp3) is 0.500. The van der Waals surface area contributed by atoms with Crippen molar-refractivity contribution in [3.63, 3.8) is 0 Å². The number of methoxy groups -OCH3 is 1. The molecule has 116 valence electrons.